The minimum Gasteiger partial charge on any atom is -0.334 e. The molecule has 3 rings (SSSR count). The SMILES string of the molecule is CS(=O)(=O)c1ccc(-c2nc(-c3cccs3)no2)cc1. The lowest BCUT2D eigenvalue weighted by Crippen LogP contribution is -1.96. The molecular formula is C13H10N2O3S2. The van der Waals surface area contributed by atoms with Crippen LogP contribution in [-0.4, -0.2) is 24.8 Å². The quantitative estimate of drug-likeness (QED) is 0.744. The highest BCUT2D eigenvalue weighted by atomic mass is 32.2. The fourth-order valence-corrected chi connectivity index (χ4v) is 2.97. The Morgan fingerprint density at radius 1 is 1.15 bits per heavy atom. The van der Waals surface area contributed by atoms with Gasteiger partial charge in [0.1, 0.15) is 0 Å². The lowest BCUT2D eigenvalue weighted by atomic mass is 10.2. The summed E-state index contributed by atoms with van der Waals surface area (Å²) in [6.07, 6.45) is 1.17. The lowest BCUT2D eigenvalue weighted by molar-refractivity contribution is 0.432. The van der Waals surface area contributed by atoms with Crippen molar-refractivity contribution in [3.05, 3.63) is 41.8 Å². The Kier molecular flexibility index (Phi) is 3.15. The van der Waals surface area contributed by atoms with E-state index in [9.17, 15) is 8.42 Å². The first-order valence-electron chi connectivity index (χ1n) is 5.72. The predicted molar refractivity (Wildman–Crippen MR) is 76.2 cm³/mol. The Bertz CT molecular complexity index is 819. The number of sulfone groups is 1. The molecule has 0 spiro atoms. The van der Waals surface area contributed by atoms with Gasteiger partial charge in [0.05, 0.1) is 9.77 Å². The predicted octanol–water partition coefficient (Wildman–Crippen LogP) is 2.87. The number of nitrogens with zero attached hydrogens (tertiary/aromatic N) is 2. The van der Waals surface area contributed by atoms with E-state index in [1.165, 1.54) is 29.7 Å². The Hall–Kier alpha value is -1.99. The summed E-state index contributed by atoms with van der Waals surface area (Å²) in [5, 5.41) is 5.85. The molecule has 0 aliphatic rings. The van der Waals surface area contributed by atoms with Crippen LogP contribution in [0.4, 0.5) is 0 Å². The van der Waals surface area contributed by atoms with Gasteiger partial charge in [-0.15, -0.1) is 11.3 Å². The van der Waals surface area contributed by atoms with Gasteiger partial charge in [0.25, 0.3) is 5.89 Å². The van der Waals surface area contributed by atoms with Crippen molar-refractivity contribution >= 4 is 21.2 Å². The molecule has 20 heavy (non-hydrogen) atoms. The second-order valence-electron chi connectivity index (χ2n) is 4.20. The Morgan fingerprint density at radius 3 is 2.50 bits per heavy atom. The van der Waals surface area contributed by atoms with Gasteiger partial charge in [0.15, 0.2) is 9.84 Å². The molecule has 0 N–H and O–H groups in total. The van der Waals surface area contributed by atoms with Crippen molar-refractivity contribution in [2.24, 2.45) is 0 Å². The first-order valence-corrected chi connectivity index (χ1v) is 8.49. The highest BCUT2D eigenvalue weighted by Gasteiger charge is 2.12. The standard InChI is InChI=1S/C13H10N2O3S2/c1-20(16,17)10-6-4-9(5-7-10)13-14-12(15-18-13)11-3-2-8-19-11/h2-8H,1H3. The maximum Gasteiger partial charge on any atom is 0.258 e. The summed E-state index contributed by atoms with van der Waals surface area (Å²) in [4.78, 5) is 5.49. The second-order valence-corrected chi connectivity index (χ2v) is 7.16. The fourth-order valence-electron chi connectivity index (χ4n) is 1.69. The molecule has 0 saturated heterocycles. The molecule has 102 valence electrons. The molecule has 0 aliphatic carbocycles. The average molecular weight is 306 g/mol. The molecule has 3 aromatic rings. The average Bonchev–Trinajstić information content (AvgIpc) is 3.09. The van der Waals surface area contributed by atoms with E-state index in [-0.39, 0.29) is 4.90 Å². The number of hydrogen-bond acceptors (Lipinski definition) is 6. The zero-order valence-corrected chi connectivity index (χ0v) is 12.1. The van der Waals surface area contributed by atoms with E-state index in [0.717, 1.165) is 4.88 Å². The molecule has 0 fully saturated rings. The van der Waals surface area contributed by atoms with Gasteiger partial charge < -0.3 is 4.52 Å². The van der Waals surface area contributed by atoms with Crippen LogP contribution in [0.1, 0.15) is 0 Å². The maximum absolute atomic E-state index is 11.4. The molecule has 0 aliphatic heterocycles. The van der Waals surface area contributed by atoms with E-state index in [1.807, 2.05) is 17.5 Å². The van der Waals surface area contributed by atoms with Crippen LogP contribution in [0.25, 0.3) is 22.2 Å². The minimum atomic E-state index is -3.20. The van der Waals surface area contributed by atoms with Gasteiger partial charge in [-0.2, -0.15) is 4.98 Å². The summed E-state index contributed by atoms with van der Waals surface area (Å²) in [5.41, 5.74) is 0.688. The number of thiophene rings is 1. The largest absolute Gasteiger partial charge is 0.334 e. The summed E-state index contributed by atoms with van der Waals surface area (Å²) < 4.78 is 28.0. The Labute approximate surface area is 119 Å². The Morgan fingerprint density at radius 2 is 1.90 bits per heavy atom. The smallest absolute Gasteiger partial charge is 0.258 e. The van der Waals surface area contributed by atoms with Gasteiger partial charge in [-0.05, 0) is 35.7 Å². The molecule has 5 nitrogen and oxygen atoms in total. The third kappa shape index (κ3) is 2.50. The van der Waals surface area contributed by atoms with E-state index < -0.39 is 9.84 Å². The van der Waals surface area contributed by atoms with Crippen molar-refractivity contribution in [3.63, 3.8) is 0 Å². The third-order valence-electron chi connectivity index (χ3n) is 2.70. The highest BCUT2D eigenvalue weighted by Crippen LogP contribution is 2.25. The second kappa shape index (κ2) is 4.84. The first-order chi connectivity index (χ1) is 9.54. The van der Waals surface area contributed by atoms with E-state index in [2.05, 4.69) is 10.1 Å². The molecule has 0 bridgehead atoms. The summed E-state index contributed by atoms with van der Waals surface area (Å²) >= 11 is 1.53. The maximum atomic E-state index is 11.4. The van der Waals surface area contributed by atoms with E-state index in [0.29, 0.717) is 17.3 Å². The minimum absolute atomic E-state index is 0.263. The van der Waals surface area contributed by atoms with Crippen molar-refractivity contribution in [1.82, 2.24) is 10.1 Å². The molecular weight excluding hydrogens is 296 g/mol. The van der Waals surface area contributed by atoms with Gasteiger partial charge in [-0.3, -0.25) is 0 Å². The van der Waals surface area contributed by atoms with Gasteiger partial charge in [0, 0.05) is 11.8 Å². The van der Waals surface area contributed by atoms with Crippen LogP contribution in [0.2, 0.25) is 0 Å². The number of hydrogen-bond donors (Lipinski definition) is 0. The van der Waals surface area contributed by atoms with Crippen LogP contribution in [0.15, 0.2) is 51.2 Å². The monoisotopic (exact) mass is 306 g/mol. The molecule has 0 saturated carbocycles. The molecule has 7 heteroatoms. The van der Waals surface area contributed by atoms with E-state index in [1.54, 1.807) is 12.1 Å². The third-order valence-corrected chi connectivity index (χ3v) is 4.69. The highest BCUT2D eigenvalue weighted by molar-refractivity contribution is 7.90. The van der Waals surface area contributed by atoms with Crippen LogP contribution in [-0.2, 0) is 9.84 Å². The molecule has 2 heterocycles. The van der Waals surface area contributed by atoms with Crippen LogP contribution in [0.5, 0.6) is 0 Å². The molecule has 0 unspecified atom stereocenters. The Balaban J connectivity index is 1.94. The molecule has 0 radical (unpaired) electrons. The van der Waals surface area contributed by atoms with Crippen molar-refractivity contribution in [3.8, 4) is 22.2 Å². The van der Waals surface area contributed by atoms with Crippen molar-refractivity contribution in [1.29, 1.82) is 0 Å². The van der Waals surface area contributed by atoms with Crippen molar-refractivity contribution < 1.29 is 12.9 Å². The molecule has 0 atom stereocenters. The molecule has 2 aromatic heterocycles. The summed E-state index contributed by atoms with van der Waals surface area (Å²) in [6, 6.07) is 10.2. The number of aromatic nitrogens is 2. The topological polar surface area (TPSA) is 73.1 Å². The van der Waals surface area contributed by atoms with Gasteiger partial charge in [0.2, 0.25) is 5.82 Å². The summed E-state index contributed by atoms with van der Waals surface area (Å²) in [6.45, 7) is 0. The number of benzene rings is 1. The fraction of sp³-hybridized carbons (Fsp3) is 0.0769. The molecule has 0 amide bonds. The van der Waals surface area contributed by atoms with E-state index >= 15 is 0 Å². The van der Waals surface area contributed by atoms with Crippen LogP contribution in [0.3, 0.4) is 0 Å². The zero-order valence-electron chi connectivity index (χ0n) is 10.5. The van der Waals surface area contributed by atoms with Gasteiger partial charge in [-0.1, -0.05) is 11.2 Å². The van der Waals surface area contributed by atoms with Gasteiger partial charge >= 0.3 is 0 Å². The first kappa shape index (κ1) is 13.0. The zero-order chi connectivity index (χ0) is 14.2. The molecule has 1 aromatic carbocycles. The van der Waals surface area contributed by atoms with Crippen LogP contribution in [0, 0.1) is 0 Å². The number of rotatable bonds is 3. The van der Waals surface area contributed by atoms with Crippen LogP contribution >= 0.6 is 11.3 Å². The van der Waals surface area contributed by atoms with Crippen molar-refractivity contribution in [2.45, 2.75) is 4.90 Å². The normalized spacial score (nSPS) is 11.7. The van der Waals surface area contributed by atoms with Crippen LogP contribution < -0.4 is 0 Å². The summed E-state index contributed by atoms with van der Waals surface area (Å²) in [7, 11) is -3.20. The van der Waals surface area contributed by atoms with Crippen molar-refractivity contribution in [2.75, 3.05) is 6.26 Å². The van der Waals surface area contributed by atoms with Gasteiger partial charge in [-0.25, -0.2) is 8.42 Å². The van der Waals surface area contributed by atoms with E-state index in [4.69, 9.17) is 4.52 Å². The lowest BCUT2D eigenvalue weighted by Gasteiger charge is -1.98. The summed E-state index contributed by atoms with van der Waals surface area (Å²) in [5.74, 6) is 0.899.